The molecule has 1 aliphatic rings. The van der Waals surface area contributed by atoms with Crippen molar-refractivity contribution in [2.45, 2.75) is 58.4 Å². The first kappa shape index (κ1) is 21.0. The Morgan fingerprint density at radius 3 is 2.69 bits per heavy atom. The lowest BCUT2D eigenvalue weighted by Crippen LogP contribution is -2.47. The van der Waals surface area contributed by atoms with Crippen LogP contribution in [-0.4, -0.2) is 29.4 Å². The third-order valence-corrected chi connectivity index (χ3v) is 5.83. The van der Waals surface area contributed by atoms with Gasteiger partial charge >= 0.3 is 0 Å². The van der Waals surface area contributed by atoms with Gasteiger partial charge < -0.3 is 10.6 Å². The fourth-order valence-corrected chi connectivity index (χ4v) is 3.98. The molecule has 1 aliphatic carbocycles. The summed E-state index contributed by atoms with van der Waals surface area (Å²) in [4.78, 5) is 28.8. The lowest BCUT2D eigenvalue weighted by Gasteiger charge is -2.36. The molecule has 2 N–H and O–H groups in total. The van der Waals surface area contributed by atoms with Gasteiger partial charge in [0.25, 0.3) is 5.91 Å². The maximum atomic E-state index is 12.4. The van der Waals surface area contributed by atoms with Gasteiger partial charge in [0.15, 0.2) is 0 Å². The van der Waals surface area contributed by atoms with E-state index < -0.39 is 0 Å². The number of benzene rings is 1. The minimum Gasteiger partial charge on any atom is -0.353 e. The van der Waals surface area contributed by atoms with Gasteiger partial charge in [0.1, 0.15) is 5.69 Å². The third kappa shape index (κ3) is 5.66. The van der Waals surface area contributed by atoms with Crippen molar-refractivity contribution in [1.29, 1.82) is 0 Å². The molecule has 1 aromatic carbocycles. The first-order valence-electron chi connectivity index (χ1n) is 10.5. The molecule has 29 heavy (non-hydrogen) atoms. The van der Waals surface area contributed by atoms with Crippen LogP contribution < -0.4 is 10.6 Å². The summed E-state index contributed by atoms with van der Waals surface area (Å²) in [5, 5.41) is 6.11. The minimum atomic E-state index is -0.125. The van der Waals surface area contributed by atoms with Gasteiger partial charge in [-0.15, -0.1) is 0 Å². The van der Waals surface area contributed by atoms with E-state index in [-0.39, 0.29) is 23.8 Å². The van der Waals surface area contributed by atoms with Crippen LogP contribution in [-0.2, 0) is 11.2 Å². The quantitative estimate of drug-likeness (QED) is 0.717. The van der Waals surface area contributed by atoms with Gasteiger partial charge in [-0.2, -0.15) is 0 Å². The Morgan fingerprint density at radius 2 is 1.97 bits per heavy atom. The van der Waals surface area contributed by atoms with E-state index in [0.29, 0.717) is 24.6 Å². The van der Waals surface area contributed by atoms with Gasteiger partial charge in [0, 0.05) is 25.2 Å². The van der Waals surface area contributed by atoms with Crippen LogP contribution in [0.4, 0.5) is 0 Å². The molecule has 0 aliphatic heterocycles. The zero-order valence-corrected chi connectivity index (χ0v) is 17.6. The average Bonchev–Trinajstić information content (AvgIpc) is 2.69. The molecule has 1 unspecified atom stereocenters. The normalized spacial score (nSPS) is 19.1. The number of amides is 2. The van der Waals surface area contributed by atoms with E-state index in [1.807, 2.05) is 24.3 Å². The zero-order valence-electron chi connectivity index (χ0n) is 17.6. The lowest BCUT2D eigenvalue weighted by molar-refractivity contribution is -0.123. The smallest absolute Gasteiger partial charge is 0.269 e. The van der Waals surface area contributed by atoms with E-state index in [1.165, 1.54) is 11.1 Å². The Morgan fingerprint density at radius 1 is 1.21 bits per heavy atom. The van der Waals surface area contributed by atoms with E-state index in [2.05, 4.69) is 48.5 Å². The van der Waals surface area contributed by atoms with Crippen molar-refractivity contribution >= 4 is 11.8 Å². The van der Waals surface area contributed by atoms with E-state index in [1.54, 1.807) is 6.20 Å². The maximum absolute atomic E-state index is 12.4. The summed E-state index contributed by atoms with van der Waals surface area (Å²) < 4.78 is 0. The second-order valence-electron chi connectivity index (χ2n) is 8.18. The van der Waals surface area contributed by atoms with E-state index in [4.69, 9.17) is 0 Å². The molecule has 3 rings (SSSR count). The Balaban J connectivity index is 1.37. The van der Waals surface area contributed by atoms with Gasteiger partial charge in [-0.3, -0.25) is 14.6 Å². The number of hydrogen-bond donors (Lipinski definition) is 2. The standard InChI is InChI=1S/C24H31N3O2/c1-4-18-9-10-25-22(14-18)24(29)26-15-19-12-20(13-19)27-23(28)11-17(3)21-8-6-5-7-16(21)2/h5-10,14,17,19-20H,4,11-13,15H2,1-3H3,(H,26,29)(H,27,28). The van der Waals surface area contributed by atoms with E-state index >= 15 is 0 Å². The number of carbonyl (C=O) groups is 2. The molecule has 1 atom stereocenters. The molecule has 1 heterocycles. The molecule has 2 amide bonds. The van der Waals surface area contributed by atoms with Crippen molar-refractivity contribution in [1.82, 2.24) is 15.6 Å². The molecule has 0 radical (unpaired) electrons. The molecule has 1 saturated carbocycles. The van der Waals surface area contributed by atoms with Crippen LogP contribution in [0.3, 0.4) is 0 Å². The number of nitrogens with zero attached hydrogens (tertiary/aromatic N) is 1. The summed E-state index contributed by atoms with van der Waals surface area (Å²) in [7, 11) is 0. The summed E-state index contributed by atoms with van der Waals surface area (Å²) in [6.45, 7) is 6.87. The fraction of sp³-hybridized carbons (Fsp3) is 0.458. The second kappa shape index (κ2) is 9.68. The molecular formula is C24H31N3O2. The highest BCUT2D eigenvalue weighted by atomic mass is 16.2. The molecule has 1 aromatic heterocycles. The van der Waals surface area contributed by atoms with Gasteiger partial charge in [-0.1, -0.05) is 38.1 Å². The molecule has 1 fully saturated rings. The largest absolute Gasteiger partial charge is 0.353 e. The van der Waals surface area contributed by atoms with Crippen LogP contribution in [0.2, 0.25) is 0 Å². The molecule has 0 saturated heterocycles. The first-order chi connectivity index (χ1) is 14.0. The molecule has 0 spiro atoms. The monoisotopic (exact) mass is 393 g/mol. The summed E-state index contributed by atoms with van der Waals surface area (Å²) in [6, 6.07) is 12.2. The van der Waals surface area contributed by atoms with Crippen LogP contribution in [0.5, 0.6) is 0 Å². The van der Waals surface area contributed by atoms with Crippen LogP contribution >= 0.6 is 0 Å². The third-order valence-electron chi connectivity index (χ3n) is 5.83. The molecule has 5 nitrogen and oxygen atoms in total. The summed E-state index contributed by atoms with van der Waals surface area (Å²) >= 11 is 0. The Labute approximate surface area is 173 Å². The second-order valence-corrected chi connectivity index (χ2v) is 8.18. The van der Waals surface area contributed by atoms with Crippen molar-refractivity contribution < 1.29 is 9.59 Å². The predicted octanol–water partition coefficient (Wildman–Crippen LogP) is 3.77. The number of carbonyl (C=O) groups excluding carboxylic acids is 2. The molecule has 0 bridgehead atoms. The topological polar surface area (TPSA) is 71.1 Å². The average molecular weight is 394 g/mol. The van der Waals surface area contributed by atoms with Crippen molar-refractivity contribution in [3.05, 3.63) is 65.0 Å². The number of hydrogen-bond acceptors (Lipinski definition) is 3. The van der Waals surface area contributed by atoms with Crippen LogP contribution in [0.15, 0.2) is 42.6 Å². The molecule has 154 valence electrons. The summed E-state index contributed by atoms with van der Waals surface area (Å²) in [5.41, 5.74) is 4.04. The predicted molar refractivity (Wildman–Crippen MR) is 115 cm³/mol. The Hall–Kier alpha value is -2.69. The SMILES string of the molecule is CCc1ccnc(C(=O)NCC2CC(NC(=O)CC(C)c3ccccc3C)C2)c1. The number of aromatic nitrogens is 1. The van der Waals surface area contributed by atoms with Crippen molar-refractivity contribution in [2.75, 3.05) is 6.54 Å². The Kier molecular flexibility index (Phi) is 7.02. The number of nitrogens with one attached hydrogen (secondary N) is 2. The van der Waals surface area contributed by atoms with Crippen molar-refractivity contribution in [3.8, 4) is 0 Å². The molecule has 2 aromatic rings. The summed E-state index contributed by atoms with van der Waals surface area (Å²) in [6.07, 6.45) is 4.89. The number of pyridine rings is 1. The highest BCUT2D eigenvalue weighted by Gasteiger charge is 2.30. The van der Waals surface area contributed by atoms with Gasteiger partial charge in [-0.25, -0.2) is 0 Å². The zero-order chi connectivity index (χ0) is 20.8. The Bertz CT molecular complexity index is 859. The minimum absolute atomic E-state index is 0.105. The van der Waals surface area contributed by atoms with Crippen LogP contribution in [0.1, 0.15) is 66.2 Å². The summed E-state index contributed by atoms with van der Waals surface area (Å²) in [5.74, 6) is 0.596. The maximum Gasteiger partial charge on any atom is 0.269 e. The van der Waals surface area contributed by atoms with Crippen molar-refractivity contribution in [2.24, 2.45) is 5.92 Å². The fourth-order valence-electron chi connectivity index (χ4n) is 3.98. The van der Waals surface area contributed by atoms with Gasteiger partial charge in [-0.05, 0) is 66.8 Å². The van der Waals surface area contributed by atoms with Crippen molar-refractivity contribution in [3.63, 3.8) is 0 Å². The van der Waals surface area contributed by atoms with Gasteiger partial charge in [0.2, 0.25) is 5.91 Å². The van der Waals surface area contributed by atoms with E-state index in [0.717, 1.165) is 24.8 Å². The van der Waals surface area contributed by atoms with E-state index in [9.17, 15) is 9.59 Å². The number of rotatable bonds is 8. The first-order valence-corrected chi connectivity index (χ1v) is 10.5. The van der Waals surface area contributed by atoms with Crippen LogP contribution in [0, 0.1) is 12.8 Å². The highest BCUT2D eigenvalue weighted by Crippen LogP contribution is 2.28. The number of aryl methyl sites for hydroxylation is 2. The van der Waals surface area contributed by atoms with Gasteiger partial charge in [0.05, 0.1) is 0 Å². The molecule has 5 heteroatoms. The highest BCUT2D eigenvalue weighted by molar-refractivity contribution is 5.92. The van der Waals surface area contributed by atoms with Crippen LogP contribution in [0.25, 0.3) is 0 Å². The lowest BCUT2D eigenvalue weighted by atomic mass is 9.80. The molecular weight excluding hydrogens is 362 g/mol.